The Morgan fingerprint density at radius 3 is 3.00 bits per heavy atom. The van der Waals surface area contributed by atoms with Crippen molar-refractivity contribution in [3.63, 3.8) is 0 Å². The lowest BCUT2D eigenvalue weighted by atomic mass is 10.0. The molecule has 1 N–H and O–H groups in total. The van der Waals surface area contributed by atoms with Crippen molar-refractivity contribution in [2.75, 3.05) is 13.1 Å². The molecule has 0 atom stereocenters. The Bertz CT molecular complexity index is 488. The normalized spacial score (nSPS) is 16.3. The minimum atomic E-state index is 0.402. The van der Waals surface area contributed by atoms with Crippen LogP contribution in [0.15, 0.2) is 9.90 Å². The molecule has 1 aliphatic heterocycles. The van der Waals surface area contributed by atoms with E-state index in [1.807, 2.05) is 12.3 Å². The van der Waals surface area contributed by atoms with Crippen LogP contribution in [-0.2, 0) is 6.42 Å². The number of nitrogens with one attached hydrogen (secondary N) is 1. The maximum Gasteiger partial charge on any atom is 0.232 e. The SMILES string of the molecule is Cc1csc(Cc2noc(C3CNC3)n2)n1. The second kappa shape index (κ2) is 3.95. The van der Waals surface area contributed by atoms with Crippen molar-refractivity contribution in [1.29, 1.82) is 0 Å². The third kappa shape index (κ3) is 1.85. The van der Waals surface area contributed by atoms with Crippen molar-refractivity contribution in [3.8, 4) is 0 Å². The van der Waals surface area contributed by atoms with Crippen LogP contribution in [0, 0.1) is 6.92 Å². The molecular weight excluding hydrogens is 224 g/mol. The summed E-state index contributed by atoms with van der Waals surface area (Å²) in [5, 5.41) is 10.2. The second-order valence-electron chi connectivity index (χ2n) is 3.96. The predicted molar refractivity (Wildman–Crippen MR) is 59.6 cm³/mol. The Morgan fingerprint density at radius 2 is 2.38 bits per heavy atom. The monoisotopic (exact) mass is 236 g/mol. The van der Waals surface area contributed by atoms with Gasteiger partial charge < -0.3 is 9.84 Å². The van der Waals surface area contributed by atoms with Crippen LogP contribution in [0.3, 0.4) is 0 Å². The highest BCUT2D eigenvalue weighted by atomic mass is 32.1. The van der Waals surface area contributed by atoms with Gasteiger partial charge in [-0.3, -0.25) is 0 Å². The summed E-state index contributed by atoms with van der Waals surface area (Å²) < 4.78 is 5.22. The van der Waals surface area contributed by atoms with E-state index >= 15 is 0 Å². The topological polar surface area (TPSA) is 63.8 Å². The number of thiazole rings is 1. The highest BCUT2D eigenvalue weighted by molar-refractivity contribution is 7.09. The van der Waals surface area contributed by atoms with E-state index < -0.39 is 0 Å². The van der Waals surface area contributed by atoms with Gasteiger partial charge in [-0.1, -0.05) is 5.16 Å². The van der Waals surface area contributed by atoms with Crippen molar-refractivity contribution in [2.24, 2.45) is 0 Å². The summed E-state index contributed by atoms with van der Waals surface area (Å²) in [7, 11) is 0. The molecule has 3 rings (SSSR count). The minimum Gasteiger partial charge on any atom is -0.339 e. The highest BCUT2D eigenvalue weighted by Gasteiger charge is 2.25. The molecule has 84 valence electrons. The Morgan fingerprint density at radius 1 is 1.50 bits per heavy atom. The summed E-state index contributed by atoms with van der Waals surface area (Å²) in [6.07, 6.45) is 0.669. The van der Waals surface area contributed by atoms with E-state index in [1.165, 1.54) is 0 Å². The van der Waals surface area contributed by atoms with Gasteiger partial charge in [-0.2, -0.15) is 4.98 Å². The molecular formula is C10H12N4OS. The average molecular weight is 236 g/mol. The van der Waals surface area contributed by atoms with Crippen LogP contribution in [0.5, 0.6) is 0 Å². The Labute approximate surface area is 96.9 Å². The third-order valence-corrected chi connectivity index (χ3v) is 3.56. The number of hydrogen-bond acceptors (Lipinski definition) is 6. The third-order valence-electron chi connectivity index (χ3n) is 2.59. The van der Waals surface area contributed by atoms with Gasteiger partial charge in [0.25, 0.3) is 0 Å². The number of aromatic nitrogens is 3. The van der Waals surface area contributed by atoms with Crippen LogP contribution in [-0.4, -0.2) is 28.2 Å². The molecule has 0 spiro atoms. The molecule has 1 saturated heterocycles. The summed E-state index contributed by atoms with van der Waals surface area (Å²) >= 11 is 1.64. The zero-order valence-corrected chi connectivity index (χ0v) is 9.75. The molecule has 16 heavy (non-hydrogen) atoms. The van der Waals surface area contributed by atoms with Crippen LogP contribution in [0.4, 0.5) is 0 Å². The number of aryl methyl sites for hydroxylation is 1. The van der Waals surface area contributed by atoms with Gasteiger partial charge in [0, 0.05) is 24.2 Å². The minimum absolute atomic E-state index is 0.402. The van der Waals surface area contributed by atoms with E-state index in [1.54, 1.807) is 11.3 Å². The van der Waals surface area contributed by atoms with Crippen LogP contribution in [0.1, 0.15) is 28.3 Å². The second-order valence-corrected chi connectivity index (χ2v) is 4.91. The maximum atomic E-state index is 5.22. The van der Waals surface area contributed by atoms with Crippen molar-refractivity contribution >= 4 is 11.3 Å². The summed E-state index contributed by atoms with van der Waals surface area (Å²) in [4.78, 5) is 8.76. The zero-order chi connectivity index (χ0) is 11.0. The molecule has 6 heteroatoms. The highest BCUT2D eigenvalue weighted by Crippen LogP contribution is 2.19. The molecule has 0 radical (unpaired) electrons. The molecule has 0 bridgehead atoms. The first-order valence-electron chi connectivity index (χ1n) is 5.25. The molecule has 5 nitrogen and oxygen atoms in total. The number of rotatable bonds is 3. The van der Waals surface area contributed by atoms with Gasteiger partial charge in [0.2, 0.25) is 5.89 Å². The van der Waals surface area contributed by atoms with Crippen molar-refractivity contribution in [3.05, 3.63) is 27.8 Å². The van der Waals surface area contributed by atoms with Gasteiger partial charge in [0.05, 0.1) is 12.3 Å². The van der Waals surface area contributed by atoms with E-state index in [2.05, 4.69) is 20.4 Å². The van der Waals surface area contributed by atoms with Gasteiger partial charge in [0.1, 0.15) is 5.01 Å². The quantitative estimate of drug-likeness (QED) is 0.865. The lowest BCUT2D eigenvalue weighted by Crippen LogP contribution is -2.40. The standard InChI is InChI=1S/C10H12N4OS/c1-6-5-16-9(12-6)2-8-13-10(15-14-8)7-3-11-4-7/h5,7,11H,2-4H2,1H3. The number of nitrogens with zero attached hydrogens (tertiary/aromatic N) is 3. The fraction of sp³-hybridized carbons (Fsp3) is 0.500. The molecule has 0 saturated carbocycles. The van der Waals surface area contributed by atoms with E-state index in [-0.39, 0.29) is 0 Å². The fourth-order valence-electron chi connectivity index (χ4n) is 1.59. The Hall–Kier alpha value is -1.27. The van der Waals surface area contributed by atoms with Crippen molar-refractivity contribution in [1.82, 2.24) is 20.4 Å². The van der Waals surface area contributed by atoms with Gasteiger partial charge in [-0.15, -0.1) is 11.3 Å². The molecule has 0 aromatic carbocycles. The first-order chi connectivity index (χ1) is 7.81. The Kier molecular flexibility index (Phi) is 2.45. The predicted octanol–water partition coefficient (Wildman–Crippen LogP) is 1.11. The molecule has 0 amide bonds. The van der Waals surface area contributed by atoms with Crippen LogP contribution in [0.2, 0.25) is 0 Å². The van der Waals surface area contributed by atoms with E-state index in [9.17, 15) is 0 Å². The first kappa shape index (κ1) is 9.92. The molecule has 2 aromatic heterocycles. The molecule has 0 unspecified atom stereocenters. The van der Waals surface area contributed by atoms with Crippen LogP contribution < -0.4 is 5.32 Å². The van der Waals surface area contributed by atoms with Gasteiger partial charge in [-0.05, 0) is 6.92 Å². The fourth-order valence-corrected chi connectivity index (χ4v) is 2.36. The number of hydrogen-bond donors (Lipinski definition) is 1. The zero-order valence-electron chi connectivity index (χ0n) is 8.93. The van der Waals surface area contributed by atoms with E-state index in [4.69, 9.17) is 4.52 Å². The molecule has 1 aliphatic rings. The Balaban J connectivity index is 1.72. The summed E-state index contributed by atoms with van der Waals surface area (Å²) in [6.45, 7) is 3.87. The summed E-state index contributed by atoms with van der Waals surface area (Å²) in [6, 6.07) is 0. The van der Waals surface area contributed by atoms with Gasteiger partial charge in [-0.25, -0.2) is 4.98 Å². The lowest BCUT2D eigenvalue weighted by molar-refractivity contribution is 0.306. The van der Waals surface area contributed by atoms with Crippen molar-refractivity contribution < 1.29 is 4.52 Å². The molecule has 1 fully saturated rings. The van der Waals surface area contributed by atoms with Crippen LogP contribution in [0.25, 0.3) is 0 Å². The van der Waals surface area contributed by atoms with Gasteiger partial charge >= 0.3 is 0 Å². The first-order valence-corrected chi connectivity index (χ1v) is 6.13. The maximum absolute atomic E-state index is 5.22. The van der Waals surface area contributed by atoms with E-state index in [0.717, 1.165) is 35.5 Å². The van der Waals surface area contributed by atoms with Crippen LogP contribution >= 0.6 is 11.3 Å². The largest absolute Gasteiger partial charge is 0.339 e. The van der Waals surface area contributed by atoms with E-state index in [0.29, 0.717) is 12.3 Å². The molecule has 3 heterocycles. The average Bonchev–Trinajstić information content (AvgIpc) is 2.74. The smallest absolute Gasteiger partial charge is 0.232 e. The summed E-state index contributed by atoms with van der Waals surface area (Å²) in [5.74, 6) is 1.89. The molecule has 2 aromatic rings. The summed E-state index contributed by atoms with van der Waals surface area (Å²) in [5.41, 5.74) is 1.05. The lowest BCUT2D eigenvalue weighted by Gasteiger charge is -2.22. The molecule has 0 aliphatic carbocycles. The van der Waals surface area contributed by atoms with Gasteiger partial charge in [0.15, 0.2) is 5.82 Å². The van der Waals surface area contributed by atoms with Crippen molar-refractivity contribution in [2.45, 2.75) is 19.3 Å².